The number of aromatic amines is 3. The lowest BCUT2D eigenvalue weighted by Crippen LogP contribution is -2.61. The Balaban J connectivity index is 0.645. The number of morpholine rings is 6. The second-order valence-electron chi connectivity index (χ2n) is 37.5. The molecule has 4 aromatic heterocycles. The highest BCUT2D eigenvalue weighted by Crippen LogP contribution is 2.62. The van der Waals surface area contributed by atoms with Crippen LogP contribution in [0, 0.1) is 13.8 Å². The molecular formula is C77H125N36O21P5. The Morgan fingerprint density at radius 1 is 0.424 bits per heavy atom. The lowest BCUT2D eigenvalue weighted by atomic mass is 10.0. The van der Waals surface area contributed by atoms with Crippen LogP contribution in [0.2, 0.25) is 0 Å². The summed E-state index contributed by atoms with van der Waals surface area (Å²) in [6.07, 6.45) is -0.857. The van der Waals surface area contributed by atoms with Crippen molar-refractivity contribution >= 4 is 111 Å². The van der Waals surface area contributed by atoms with E-state index in [2.05, 4.69) is 101 Å². The third kappa shape index (κ3) is 20.6. The molecule has 4 aromatic rings. The van der Waals surface area contributed by atoms with E-state index in [1.54, 1.807) is 95.0 Å². The first-order valence-electron chi connectivity index (χ1n) is 45.7. The van der Waals surface area contributed by atoms with Gasteiger partial charge in [-0.05, 0) is 97.4 Å². The largest absolute Gasteiger partial charge is 0.385 e. The lowest BCUT2D eigenvalue weighted by Gasteiger charge is -2.48. The van der Waals surface area contributed by atoms with Crippen LogP contribution in [-0.2, 0) is 73.9 Å². The predicted molar refractivity (Wildman–Crippen MR) is 513 cm³/mol. The number of aryl methyl sites for hydroxylation is 2. The van der Waals surface area contributed by atoms with Crippen LogP contribution < -0.4 is 56.3 Å². The van der Waals surface area contributed by atoms with Crippen molar-refractivity contribution in [2.75, 3.05) is 200 Å². The minimum absolute atomic E-state index is 0.00431. The number of rotatable bonds is 32. The highest BCUT2D eigenvalue weighted by molar-refractivity contribution is 7.55. The Morgan fingerprint density at radius 3 is 1.16 bits per heavy atom. The van der Waals surface area contributed by atoms with Crippen molar-refractivity contribution in [2.24, 2.45) is 62.1 Å². The molecule has 0 saturated carbocycles. The highest BCUT2D eigenvalue weighted by atomic mass is 31.2. The van der Waals surface area contributed by atoms with Gasteiger partial charge in [0.25, 0.3) is 16.7 Å². The second-order valence-corrected chi connectivity index (χ2v) is 50.3. The number of aromatic nitrogens is 8. The molecule has 17 heterocycles. The van der Waals surface area contributed by atoms with Crippen LogP contribution in [-0.4, -0.2) is 452 Å². The van der Waals surface area contributed by atoms with Gasteiger partial charge < -0.3 is 94.0 Å². The van der Waals surface area contributed by atoms with Gasteiger partial charge in [0.15, 0.2) is 42.1 Å². The van der Waals surface area contributed by atoms with Crippen molar-refractivity contribution in [1.29, 1.82) is 0 Å². The average molecular weight is 2050 g/mol. The maximum atomic E-state index is 16.8. The molecule has 7 saturated heterocycles. The molecule has 0 radical (unpaired) electrons. The molecule has 0 amide bonds. The fraction of sp³-hybridized carbons (Fsp3) is 0.714. The van der Waals surface area contributed by atoms with Crippen LogP contribution in [0.15, 0.2) is 87.6 Å². The number of nitrogens with zero attached hydrogens (tertiary/aromatic N) is 28. The van der Waals surface area contributed by atoms with Crippen molar-refractivity contribution in [1.82, 2.24) is 110 Å². The van der Waals surface area contributed by atoms with E-state index in [0.29, 0.717) is 38.4 Å². The number of anilines is 1. The summed E-state index contributed by atoms with van der Waals surface area (Å²) in [5, 5.41) is 3.30. The highest BCUT2D eigenvalue weighted by Gasteiger charge is 2.56. The molecule has 0 aliphatic carbocycles. The third-order valence-electron chi connectivity index (χ3n) is 26.3. The summed E-state index contributed by atoms with van der Waals surface area (Å²) >= 11 is 0. The van der Waals surface area contributed by atoms with E-state index in [1.165, 1.54) is 97.6 Å². The zero-order valence-corrected chi connectivity index (χ0v) is 84.3. The second kappa shape index (κ2) is 41.0. The molecule has 7 fully saturated rings. The summed E-state index contributed by atoms with van der Waals surface area (Å²) < 4.78 is 177. The van der Waals surface area contributed by atoms with Crippen molar-refractivity contribution < 1.29 is 73.9 Å². The van der Waals surface area contributed by atoms with Crippen LogP contribution in [0.1, 0.15) is 63.9 Å². The first-order chi connectivity index (χ1) is 66.0. The number of hydrogen-bond acceptors (Lipinski definition) is 41. The molecule has 23 unspecified atom stereocenters. The molecule has 62 heteroatoms. The number of amidine groups is 3. The van der Waals surface area contributed by atoms with E-state index >= 15 is 22.8 Å². The zero-order valence-electron chi connectivity index (χ0n) is 79.8. The van der Waals surface area contributed by atoms with Crippen molar-refractivity contribution in [2.45, 2.75) is 164 Å². The third-order valence-corrected chi connectivity index (χ3v) is 39.1. The van der Waals surface area contributed by atoms with Gasteiger partial charge in [-0.25, -0.2) is 91.2 Å². The van der Waals surface area contributed by atoms with Gasteiger partial charge in [-0.15, -0.1) is 0 Å². The number of nitrogens with two attached hydrogens (primary N) is 4. The molecule has 12 N–H and O–H groups in total. The van der Waals surface area contributed by atoms with E-state index in [-0.39, 0.29) is 131 Å². The maximum absolute atomic E-state index is 16.8. The zero-order chi connectivity index (χ0) is 99.0. The van der Waals surface area contributed by atoms with Crippen molar-refractivity contribution in [3.05, 3.63) is 81.9 Å². The number of H-pyrrole nitrogens is 3. The molecule has 139 heavy (non-hydrogen) atoms. The summed E-state index contributed by atoms with van der Waals surface area (Å²) in [5.74, 6) is 0.448. The van der Waals surface area contributed by atoms with Gasteiger partial charge in [0.1, 0.15) is 79.6 Å². The van der Waals surface area contributed by atoms with Gasteiger partial charge in [-0.1, -0.05) is 6.92 Å². The molecule has 0 bridgehead atoms. The summed E-state index contributed by atoms with van der Waals surface area (Å²) in [6.45, 7) is 9.73. The predicted octanol–water partition coefficient (Wildman–Crippen LogP) is -2.61. The summed E-state index contributed by atoms with van der Waals surface area (Å²) in [5.41, 5.74) is 21.9. The molecule has 57 nitrogen and oxygen atoms in total. The fourth-order valence-corrected chi connectivity index (χ4v) is 29.2. The minimum atomic E-state index is -4.47. The van der Waals surface area contributed by atoms with Crippen LogP contribution in [0.25, 0.3) is 11.2 Å². The first kappa shape index (κ1) is 102. The quantitative estimate of drug-likeness (QED) is 0.0232. The molecule has 23 atom stereocenters. The van der Waals surface area contributed by atoms with Crippen molar-refractivity contribution in [3.63, 3.8) is 0 Å². The number of ether oxygens (including phenoxy) is 6. The number of piperazine rings is 1. The number of imidazole rings is 1. The molecule has 13 aliphatic heterocycles. The first-order valence-corrected chi connectivity index (χ1v) is 53.4. The molecule has 13 aliphatic rings. The molecule has 0 aromatic carbocycles. The molecule has 764 valence electrons. The smallest absolute Gasteiger partial charge is 0.346 e. The maximum Gasteiger partial charge on any atom is 0.346 e. The Bertz CT molecular complexity index is 6070. The van der Waals surface area contributed by atoms with Crippen LogP contribution in [0.5, 0.6) is 0 Å². The minimum Gasteiger partial charge on any atom is -0.385 e. The van der Waals surface area contributed by atoms with E-state index in [0.717, 1.165) is 4.57 Å². The van der Waals surface area contributed by atoms with Gasteiger partial charge in [0.2, 0.25) is 5.95 Å². The van der Waals surface area contributed by atoms with Crippen LogP contribution >= 0.6 is 38.4 Å². The Hall–Kier alpha value is -8.43. The monoisotopic (exact) mass is 2040 g/mol. The molecular weight excluding hydrogens is 1920 g/mol. The Labute approximate surface area is 799 Å². The summed E-state index contributed by atoms with van der Waals surface area (Å²) in [6, 6.07) is -1.96. The van der Waals surface area contributed by atoms with Gasteiger partial charge in [0, 0.05) is 101 Å². The van der Waals surface area contributed by atoms with E-state index < -0.39 is 203 Å². The Kier molecular flexibility index (Phi) is 30.1. The number of hydrogen-bond donors (Lipinski definition) is 8. The Morgan fingerprint density at radius 2 is 0.770 bits per heavy atom. The van der Waals surface area contributed by atoms with Gasteiger partial charge >= 0.3 is 49.7 Å². The number of aliphatic imine (C=N–C) groups is 9. The van der Waals surface area contributed by atoms with E-state index in [9.17, 15) is 24.0 Å². The van der Waals surface area contributed by atoms with E-state index in [1.807, 2.05) is 11.8 Å². The summed E-state index contributed by atoms with van der Waals surface area (Å²) in [7, 11) is -9.13. The van der Waals surface area contributed by atoms with Crippen molar-refractivity contribution in [3.8, 4) is 0 Å². The van der Waals surface area contributed by atoms with Crippen LogP contribution in [0.3, 0.4) is 0 Å². The summed E-state index contributed by atoms with van der Waals surface area (Å²) in [4.78, 5) is 131. The van der Waals surface area contributed by atoms with Gasteiger partial charge in [-0.3, -0.25) is 85.7 Å². The van der Waals surface area contributed by atoms with E-state index in [4.69, 9.17) is 74.0 Å². The molecule has 0 spiro atoms. The average Bonchev–Trinajstić information content (AvgIpc) is 1.74. The lowest BCUT2D eigenvalue weighted by molar-refractivity contribution is -0.164. The number of nitrogen functional groups attached to an aromatic ring is 1. The standard InChI is InChI=1S/C77H125N36O21P5/c1-15-48-23-107(30-55(129-48)108-20-46(2)71(114)95-75(108)117)139(123,102-18-16-82-17-19-102)128-38-53-27-103(29-56(131-53)109-21-47(3)72(115)96-76(109)118)135(119,97(7)8)125-35-51-25-105(32-58(133-51)112-44-91-62-66(80)85-41-88-69(62)112)137(121,99(11)12)127-37-52-26-106(33-59(134-52)113-45-92-63-70(113)93-74(81)94-73(63)116)138(122,100(13)14)126-36-50-24-104(31-57(132-50)111-43-90-61-65(79)84-40-87-68(61)111)136(120,98(9)10)124-34-49-22-101(77(4,5)6)28-54(130-49)110-42-89-60-64(78)83-39-86-67(60)110/h20-21,39-45,48-62,67-69,82H,15-19,22-38H2,1-14H3,(H2,78,83,86)(H2,79,84,87)(H2,80,85,88)(H,95,114,117)(H,96,115,118)(H3,81,93,94,116). The van der Waals surface area contributed by atoms with Gasteiger partial charge in [0.05, 0.1) is 128 Å². The number of nitrogens with one attached hydrogen (secondary N) is 4. The SMILES string of the molecule is CCC1CN(P(=O)(OCC2CN(P(=O)(OCC3CN(P(=O)(OCC4CN(P(=O)(OCC5CN(P(=O)(OCC6CN(C(C)(C)C)CC(N7C=NC8C(N)=NC=NC87)O6)N(C)C)CC(N6C=NC7C(N)=NC=NC76)O5)N(C)C)CC(n5cnc6c(=O)[nH]c(N)nc65)O4)N(C)C)CC(N4C=NC5C(N)=NC=NC54)O3)N(C)C)CC(n3cc(C)c(=O)[nH]c3=O)O2)N2CCNCC2)CC(n2cc(C)c(=O)[nH]c2=O)O1. The topological polar surface area (TPSA) is 633 Å². The van der Waals surface area contributed by atoms with Crippen LogP contribution in [0.4, 0.5) is 5.95 Å². The van der Waals surface area contributed by atoms with Gasteiger partial charge in [-0.2, -0.15) is 4.98 Å². The normalized spacial score (nSPS) is 32.1. The number of fused-ring (bicyclic) bond motifs is 4. The molecule has 17 rings (SSSR count). The fourth-order valence-electron chi connectivity index (χ4n) is 18.7.